The maximum atomic E-state index is 12.9. The molecule has 0 saturated carbocycles. The van der Waals surface area contributed by atoms with E-state index in [2.05, 4.69) is 47.1 Å². The van der Waals surface area contributed by atoms with Gasteiger partial charge in [0.1, 0.15) is 6.04 Å². The number of carbonyl (C=O) groups excluding carboxylic acids is 2. The van der Waals surface area contributed by atoms with Crippen molar-refractivity contribution in [2.24, 2.45) is 0 Å². The first-order chi connectivity index (χ1) is 17.1. The van der Waals surface area contributed by atoms with Gasteiger partial charge in [0, 0.05) is 18.9 Å². The van der Waals surface area contributed by atoms with Crippen LogP contribution in [0, 0.1) is 0 Å². The lowest BCUT2D eigenvalue weighted by Gasteiger charge is -2.20. The minimum atomic E-state index is -0.598. The molecular weight excluding hydrogens is 440 g/mol. The van der Waals surface area contributed by atoms with Crippen molar-refractivity contribution >= 4 is 12.3 Å². The van der Waals surface area contributed by atoms with E-state index in [0.29, 0.717) is 25.0 Å². The van der Waals surface area contributed by atoms with Crippen LogP contribution in [0.25, 0.3) is 0 Å². The molecule has 0 radical (unpaired) electrons. The summed E-state index contributed by atoms with van der Waals surface area (Å²) in [4.78, 5) is 24.0. The summed E-state index contributed by atoms with van der Waals surface area (Å²) >= 11 is 0. The number of benzene rings is 1. The Bertz CT molecular complexity index is 911. The zero-order valence-electron chi connectivity index (χ0n) is 21.3. The Hall–Kier alpha value is -2.70. The average Bonchev–Trinajstić information content (AvgIpc) is 3.76. The van der Waals surface area contributed by atoms with Gasteiger partial charge in [0.15, 0.2) is 0 Å². The van der Waals surface area contributed by atoms with Gasteiger partial charge in [0.2, 0.25) is 12.3 Å². The predicted molar refractivity (Wildman–Crippen MR) is 139 cm³/mol. The first-order valence-electron chi connectivity index (χ1n) is 13.0. The number of amides is 2. The van der Waals surface area contributed by atoms with Gasteiger partial charge in [-0.1, -0.05) is 68.0 Å². The molecule has 0 aromatic heterocycles. The molecule has 2 saturated heterocycles. The second kappa shape index (κ2) is 14.0. The van der Waals surface area contributed by atoms with Gasteiger partial charge in [0.05, 0.1) is 25.4 Å². The molecule has 1 aromatic rings. The maximum Gasteiger partial charge on any atom is 0.243 e. The van der Waals surface area contributed by atoms with E-state index in [1.807, 2.05) is 32.9 Å². The van der Waals surface area contributed by atoms with E-state index < -0.39 is 6.04 Å². The van der Waals surface area contributed by atoms with Gasteiger partial charge >= 0.3 is 0 Å². The van der Waals surface area contributed by atoms with Gasteiger partial charge in [-0.2, -0.15) is 0 Å². The third-order valence-corrected chi connectivity index (χ3v) is 6.27. The Morgan fingerprint density at radius 2 is 1.63 bits per heavy atom. The molecule has 6 nitrogen and oxygen atoms in total. The number of epoxide rings is 2. The highest BCUT2D eigenvalue weighted by Gasteiger charge is 2.24. The summed E-state index contributed by atoms with van der Waals surface area (Å²) in [5.41, 5.74) is 4.80. The van der Waals surface area contributed by atoms with Crippen molar-refractivity contribution in [2.75, 3.05) is 13.2 Å². The predicted octanol–water partition coefficient (Wildman–Crippen LogP) is 4.20. The number of ether oxygens (including phenoxy) is 2. The number of hydrogen-bond donors (Lipinski definition) is 2. The molecule has 4 rings (SSSR count). The van der Waals surface area contributed by atoms with Crippen molar-refractivity contribution in [3.63, 3.8) is 0 Å². The fourth-order valence-electron chi connectivity index (χ4n) is 4.16. The van der Waals surface area contributed by atoms with E-state index in [-0.39, 0.29) is 11.9 Å². The minimum Gasteiger partial charge on any atom is -0.373 e. The van der Waals surface area contributed by atoms with Crippen LogP contribution >= 0.6 is 0 Å². The molecule has 3 aliphatic rings. The molecule has 1 aliphatic carbocycles. The third-order valence-electron chi connectivity index (χ3n) is 6.27. The summed E-state index contributed by atoms with van der Waals surface area (Å²) in [5.74, 6) is -0.161. The molecule has 1 aromatic carbocycles. The molecule has 4 unspecified atom stereocenters. The lowest BCUT2D eigenvalue weighted by molar-refractivity contribution is -0.125. The third kappa shape index (κ3) is 9.82. The first-order valence-corrected chi connectivity index (χ1v) is 13.0. The molecule has 0 spiro atoms. The maximum absolute atomic E-state index is 12.9. The minimum absolute atomic E-state index is 0.0355. The van der Waals surface area contributed by atoms with Crippen molar-refractivity contribution in [3.8, 4) is 0 Å². The summed E-state index contributed by atoms with van der Waals surface area (Å²) in [6.07, 6.45) is 15.4. The van der Waals surface area contributed by atoms with Crippen molar-refractivity contribution in [2.45, 2.75) is 83.6 Å². The highest BCUT2D eigenvalue weighted by Crippen LogP contribution is 2.23. The van der Waals surface area contributed by atoms with Crippen LogP contribution in [-0.2, 0) is 31.9 Å². The van der Waals surface area contributed by atoms with Crippen LogP contribution in [0.4, 0.5) is 0 Å². The quantitative estimate of drug-likeness (QED) is 0.327. The zero-order valence-corrected chi connectivity index (χ0v) is 21.3. The van der Waals surface area contributed by atoms with Crippen LogP contribution in [0.15, 0.2) is 59.7 Å². The van der Waals surface area contributed by atoms with E-state index in [9.17, 15) is 9.59 Å². The highest BCUT2D eigenvalue weighted by molar-refractivity contribution is 5.84. The number of nitrogens with one attached hydrogen (secondary N) is 2. The molecule has 0 bridgehead atoms. The standard InChI is InChI=1S/C27H34N2O4.C2H6/c1-19(13-21-4-2-3-20(5-6-21)11-12-24-16-32-24)29-27(31)26(28-18-30)15-23-9-7-22(8-10-23)14-25-17-33-25;1-2/h3-10,18-19,24-26H,2,11-17H2,1H3,(H,28,30)(H,29,31);1-2H3. The molecule has 2 aliphatic heterocycles. The first kappa shape index (κ1) is 26.9. The zero-order chi connectivity index (χ0) is 25.0. The Kier molecular flexibility index (Phi) is 10.8. The van der Waals surface area contributed by atoms with Crippen LogP contribution < -0.4 is 10.6 Å². The van der Waals surface area contributed by atoms with E-state index in [4.69, 9.17) is 9.47 Å². The molecule has 2 N–H and O–H groups in total. The number of carbonyl (C=O) groups is 2. The highest BCUT2D eigenvalue weighted by atomic mass is 16.6. The lowest BCUT2D eigenvalue weighted by atomic mass is 10.0. The number of rotatable bonds is 13. The van der Waals surface area contributed by atoms with Crippen LogP contribution in [0.1, 0.15) is 57.6 Å². The summed E-state index contributed by atoms with van der Waals surface area (Å²) < 4.78 is 10.6. The molecule has 35 heavy (non-hydrogen) atoms. The molecule has 2 heterocycles. The lowest BCUT2D eigenvalue weighted by Crippen LogP contribution is -2.48. The van der Waals surface area contributed by atoms with Crippen LogP contribution in [-0.4, -0.2) is 49.8 Å². The van der Waals surface area contributed by atoms with Gasteiger partial charge < -0.3 is 20.1 Å². The van der Waals surface area contributed by atoms with E-state index in [1.54, 1.807) is 0 Å². The van der Waals surface area contributed by atoms with Crippen molar-refractivity contribution in [1.29, 1.82) is 0 Å². The van der Waals surface area contributed by atoms with Gasteiger partial charge in [-0.05, 0) is 49.3 Å². The van der Waals surface area contributed by atoms with Crippen molar-refractivity contribution < 1.29 is 19.1 Å². The van der Waals surface area contributed by atoms with Gasteiger partial charge in [0.25, 0.3) is 0 Å². The molecule has 6 heteroatoms. The molecule has 4 atom stereocenters. The van der Waals surface area contributed by atoms with Crippen molar-refractivity contribution in [3.05, 3.63) is 70.8 Å². The van der Waals surface area contributed by atoms with Gasteiger partial charge in [-0.3, -0.25) is 9.59 Å². The summed E-state index contributed by atoms with van der Waals surface area (Å²) in [6, 6.07) is 7.55. The SMILES string of the molecule is CC.CC(CC1=CCC=C(CCC2CO2)C=C1)NC(=O)C(Cc1ccc(CC2CO2)cc1)NC=O. The van der Waals surface area contributed by atoms with Crippen LogP contribution in [0.3, 0.4) is 0 Å². The largest absolute Gasteiger partial charge is 0.373 e. The Morgan fingerprint density at radius 1 is 1.00 bits per heavy atom. The van der Waals surface area contributed by atoms with E-state index in [1.165, 1.54) is 16.7 Å². The second-order valence-electron chi connectivity index (χ2n) is 9.25. The smallest absolute Gasteiger partial charge is 0.243 e. The van der Waals surface area contributed by atoms with Crippen molar-refractivity contribution in [1.82, 2.24) is 10.6 Å². The Labute approximate surface area is 209 Å². The molecule has 2 amide bonds. The monoisotopic (exact) mass is 480 g/mol. The number of hydrogen-bond acceptors (Lipinski definition) is 4. The second-order valence-corrected chi connectivity index (χ2v) is 9.25. The van der Waals surface area contributed by atoms with E-state index in [0.717, 1.165) is 50.9 Å². The topological polar surface area (TPSA) is 83.3 Å². The van der Waals surface area contributed by atoms with E-state index >= 15 is 0 Å². The molecule has 190 valence electrons. The van der Waals surface area contributed by atoms with Crippen LogP contribution in [0.2, 0.25) is 0 Å². The fourth-order valence-corrected chi connectivity index (χ4v) is 4.16. The number of allylic oxidation sites excluding steroid dienone is 5. The summed E-state index contributed by atoms with van der Waals surface area (Å²) in [7, 11) is 0. The average molecular weight is 481 g/mol. The summed E-state index contributed by atoms with van der Waals surface area (Å²) in [5, 5.41) is 5.75. The molecule has 2 fully saturated rings. The fraction of sp³-hybridized carbons (Fsp3) is 0.517. The summed E-state index contributed by atoms with van der Waals surface area (Å²) in [6.45, 7) is 7.74. The normalized spacial score (nSPS) is 21.8. The van der Waals surface area contributed by atoms with Gasteiger partial charge in [-0.25, -0.2) is 0 Å². The van der Waals surface area contributed by atoms with Crippen LogP contribution in [0.5, 0.6) is 0 Å². The Balaban J connectivity index is 0.00000167. The molecular formula is C29H40N2O4. The Morgan fingerprint density at radius 3 is 2.29 bits per heavy atom. The van der Waals surface area contributed by atoms with Gasteiger partial charge in [-0.15, -0.1) is 0 Å².